The first kappa shape index (κ1) is 13.7. The monoisotopic (exact) mass is 240 g/mol. The highest BCUT2D eigenvalue weighted by Crippen LogP contribution is 2.21. The summed E-state index contributed by atoms with van der Waals surface area (Å²) in [4.78, 5) is 4.17. The van der Waals surface area contributed by atoms with E-state index in [4.69, 9.17) is 14.6 Å². The van der Waals surface area contributed by atoms with E-state index in [-0.39, 0.29) is 12.7 Å². The molecule has 0 unspecified atom stereocenters. The second-order valence-corrected chi connectivity index (χ2v) is 3.79. The fraction of sp³-hybridized carbons (Fsp3) is 0.583. The van der Waals surface area contributed by atoms with Gasteiger partial charge in [0.05, 0.1) is 31.6 Å². The first-order valence-electron chi connectivity index (χ1n) is 5.78. The van der Waals surface area contributed by atoms with Gasteiger partial charge in [0, 0.05) is 12.7 Å². The van der Waals surface area contributed by atoms with Crippen LogP contribution >= 0.6 is 0 Å². The summed E-state index contributed by atoms with van der Waals surface area (Å²) in [6.45, 7) is 5.53. The summed E-state index contributed by atoms with van der Waals surface area (Å²) < 4.78 is 10.7. The minimum Gasteiger partial charge on any atom is -0.473 e. The van der Waals surface area contributed by atoms with Crippen molar-refractivity contribution < 1.29 is 14.6 Å². The zero-order valence-electron chi connectivity index (χ0n) is 10.3. The second-order valence-electron chi connectivity index (χ2n) is 3.79. The summed E-state index contributed by atoms with van der Waals surface area (Å²) in [6, 6.07) is 3.76. The van der Waals surface area contributed by atoms with E-state index in [2.05, 4.69) is 10.3 Å². The Morgan fingerprint density at radius 2 is 2.24 bits per heavy atom. The average molecular weight is 240 g/mol. The molecule has 1 rings (SSSR count). The van der Waals surface area contributed by atoms with Crippen molar-refractivity contribution in [2.75, 3.05) is 31.7 Å². The molecule has 0 aliphatic carbocycles. The zero-order valence-corrected chi connectivity index (χ0v) is 10.3. The van der Waals surface area contributed by atoms with Crippen LogP contribution in [0.5, 0.6) is 5.88 Å². The number of aliphatic hydroxyl groups excluding tert-OH is 1. The van der Waals surface area contributed by atoms with Crippen LogP contribution in [-0.4, -0.2) is 42.6 Å². The summed E-state index contributed by atoms with van der Waals surface area (Å²) in [7, 11) is 0. The molecular formula is C12H20N2O3. The Morgan fingerprint density at radius 1 is 1.41 bits per heavy atom. The van der Waals surface area contributed by atoms with Crippen molar-refractivity contribution in [1.82, 2.24) is 4.98 Å². The molecule has 2 N–H and O–H groups in total. The maximum absolute atomic E-state index is 8.55. The van der Waals surface area contributed by atoms with Crippen molar-refractivity contribution in [2.24, 2.45) is 0 Å². The van der Waals surface area contributed by atoms with Crippen molar-refractivity contribution in [3.63, 3.8) is 0 Å². The molecule has 1 aromatic rings. The SMILES string of the molecule is CC(C)Oc1ncccc1NCCOCCO. The molecule has 5 heteroatoms. The molecule has 0 saturated heterocycles. The Balaban J connectivity index is 2.40. The fourth-order valence-electron chi connectivity index (χ4n) is 1.27. The maximum Gasteiger partial charge on any atom is 0.237 e. The molecule has 0 aliphatic heterocycles. The van der Waals surface area contributed by atoms with Gasteiger partial charge in [-0.1, -0.05) is 0 Å². The highest BCUT2D eigenvalue weighted by atomic mass is 16.5. The molecule has 0 aromatic carbocycles. The summed E-state index contributed by atoms with van der Waals surface area (Å²) in [5, 5.41) is 11.7. The van der Waals surface area contributed by atoms with E-state index < -0.39 is 0 Å². The molecule has 0 radical (unpaired) electrons. The van der Waals surface area contributed by atoms with Crippen molar-refractivity contribution in [3.8, 4) is 5.88 Å². The molecule has 0 fully saturated rings. The fourth-order valence-corrected chi connectivity index (χ4v) is 1.27. The summed E-state index contributed by atoms with van der Waals surface area (Å²) >= 11 is 0. The Bertz CT molecular complexity index is 318. The predicted octanol–water partition coefficient (Wildman–Crippen LogP) is 1.29. The number of ether oxygens (including phenoxy) is 2. The number of aromatic nitrogens is 1. The van der Waals surface area contributed by atoms with E-state index in [9.17, 15) is 0 Å². The molecule has 17 heavy (non-hydrogen) atoms. The molecule has 0 amide bonds. The number of hydrogen-bond acceptors (Lipinski definition) is 5. The van der Waals surface area contributed by atoms with Crippen molar-refractivity contribution in [2.45, 2.75) is 20.0 Å². The molecular weight excluding hydrogens is 220 g/mol. The third-order valence-corrected chi connectivity index (χ3v) is 1.92. The Hall–Kier alpha value is -1.33. The number of hydrogen-bond donors (Lipinski definition) is 2. The van der Waals surface area contributed by atoms with Crippen LogP contribution in [0.15, 0.2) is 18.3 Å². The van der Waals surface area contributed by atoms with Gasteiger partial charge in [0.1, 0.15) is 0 Å². The second kappa shape index (κ2) is 7.86. The first-order valence-corrected chi connectivity index (χ1v) is 5.78. The molecule has 5 nitrogen and oxygen atoms in total. The topological polar surface area (TPSA) is 63.6 Å². The summed E-state index contributed by atoms with van der Waals surface area (Å²) in [6.07, 6.45) is 1.79. The van der Waals surface area contributed by atoms with E-state index in [1.807, 2.05) is 26.0 Å². The van der Waals surface area contributed by atoms with Gasteiger partial charge in [-0.15, -0.1) is 0 Å². The van der Waals surface area contributed by atoms with Gasteiger partial charge < -0.3 is 19.9 Å². The third kappa shape index (κ3) is 5.51. The summed E-state index contributed by atoms with van der Waals surface area (Å²) in [5.74, 6) is 0.602. The third-order valence-electron chi connectivity index (χ3n) is 1.92. The zero-order chi connectivity index (χ0) is 12.5. The average Bonchev–Trinajstić information content (AvgIpc) is 2.30. The van der Waals surface area contributed by atoms with Crippen LogP contribution < -0.4 is 10.1 Å². The number of aliphatic hydroxyl groups is 1. The normalized spacial score (nSPS) is 10.6. The predicted molar refractivity (Wildman–Crippen MR) is 66.4 cm³/mol. The number of pyridine rings is 1. The molecule has 0 saturated carbocycles. The van der Waals surface area contributed by atoms with Crippen molar-refractivity contribution >= 4 is 5.69 Å². The van der Waals surface area contributed by atoms with E-state index in [1.54, 1.807) is 6.20 Å². The van der Waals surface area contributed by atoms with Crippen LogP contribution in [0.1, 0.15) is 13.8 Å². The van der Waals surface area contributed by atoms with Crippen molar-refractivity contribution in [3.05, 3.63) is 18.3 Å². The van der Waals surface area contributed by atoms with Gasteiger partial charge in [0.25, 0.3) is 0 Å². The van der Waals surface area contributed by atoms with E-state index in [0.717, 1.165) is 5.69 Å². The van der Waals surface area contributed by atoms with Gasteiger partial charge in [-0.3, -0.25) is 0 Å². The Morgan fingerprint density at radius 3 is 2.94 bits per heavy atom. The number of nitrogens with zero attached hydrogens (tertiary/aromatic N) is 1. The smallest absolute Gasteiger partial charge is 0.237 e. The van der Waals surface area contributed by atoms with E-state index >= 15 is 0 Å². The number of rotatable bonds is 8. The lowest BCUT2D eigenvalue weighted by molar-refractivity contribution is 0.0991. The van der Waals surface area contributed by atoms with Crippen LogP contribution in [0.3, 0.4) is 0 Å². The lowest BCUT2D eigenvalue weighted by Gasteiger charge is -2.14. The molecule has 0 aliphatic rings. The van der Waals surface area contributed by atoms with E-state index in [1.165, 1.54) is 0 Å². The van der Waals surface area contributed by atoms with Gasteiger partial charge in [0.15, 0.2) is 0 Å². The molecule has 0 spiro atoms. The summed E-state index contributed by atoms with van der Waals surface area (Å²) in [5.41, 5.74) is 0.855. The molecule has 1 heterocycles. The van der Waals surface area contributed by atoms with Crippen LogP contribution in [-0.2, 0) is 4.74 Å². The van der Waals surface area contributed by atoms with Gasteiger partial charge >= 0.3 is 0 Å². The van der Waals surface area contributed by atoms with E-state index in [0.29, 0.717) is 25.6 Å². The van der Waals surface area contributed by atoms with Gasteiger partial charge in [0.2, 0.25) is 5.88 Å². The van der Waals surface area contributed by atoms with Crippen LogP contribution in [0.2, 0.25) is 0 Å². The Kier molecular flexibility index (Phi) is 6.35. The minimum absolute atomic E-state index is 0.0502. The van der Waals surface area contributed by atoms with Crippen LogP contribution in [0.4, 0.5) is 5.69 Å². The molecule has 96 valence electrons. The standard InChI is InChI=1S/C12H20N2O3/c1-10(2)17-12-11(4-3-5-14-12)13-6-8-16-9-7-15/h3-5,10,13,15H,6-9H2,1-2H3. The Labute approximate surface area is 102 Å². The molecule has 0 atom stereocenters. The minimum atomic E-state index is 0.0502. The lowest BCUT2D eigenvalue weighted by atomic mass is 10.4. The number of nitrogens with one attached hydrogen (secondary N) is 1. The highest BCUT2D eigenvalue weighted by Gasteiger charge is 2.05. The molecule has 1 aromatic heterocycles. The van der Waals surface area contributed by atoms with Gasteiger partial charge in [-0.2, -0.15) is 0 Å². The van der Waals surface area contributed by atoms with Gasteiger partial charge in [-0.25, -0.2) is 4.98 Å². The van der Waals surface area contributed by atoms with Crippen LogP contribution in [0.25, 0.3) is 0 Å². The van der Waals surface area contributed by atoms with Crippen LogP contribution in [0, 0.1) is 0 Å². The quantitative estimate of drug-likeness (QED) is 0.670. The lowest BCUT2D eigenvalue weighted by Crippen LogP contribution is -2.14. The largest absolute Gasteiger partial charge is 0.473 e. The number of anilines is 1. The first-order chi connectivity index (χ1) is 8.24. The highest BCUT2D eigenvalue weighted by molar-refractivity contribution is 5.51. The molecule has 0 bridgehead atoms. The maximum atomic E-state index is 8.55. The van der Waals surface area contributed by atoms with Crippen molar-refractivity contribution in [1.29, 1.82) is 0 Å². The van der Waals surface area contributed by atoms with Gasteiger partial charge in [-0.05, 0) is 26.0 Å².